The Morgan fingerprint density at radius 1 is 1.26 bits per heavy atom. The second-order valence-electron chi connectivity index (χ2n) is 3.91. The number of hydrogen-bond donors (Lipinski definition) is 2. The van der Waals surface area contributed by atoms with Crippen molar-refractivity contribution in [1.29, 1.82) is 0 Å². The monoisotopic (exact) mass is 296 g/mol. The van der Waals surface area contributed by atoms with Crippen LogP contribution in [0, 0.1) is 0 Å². The molecule has 0 spiro atoms. The summed E-state index contributed by atoms with van der Waals surface area (Å²) in [6.45, 7) is 1.43. The zero-order valence-corrected chi connectivity index (χ0v) is 11.5. The van der Waals surface area contributed by atoms with E-state index in [1.54, 1.807) is 18.2 Å². The third kappa shape index (κ3) is 2.97. The zero-order chi connectivity index (χ0) is 14.0. The number of aromatic amines is 1. The number of halogens is 2. The van der Waals surface area contributed by atoms with Crippen molar-refractivity contribution in [3.63, 3.8) is 0 Å². The summed E-state index contributed by atoms with van der Waals surface area (Å²) in [5, 5.41) is 3.25. The smallest absolute Gasteiger partial charge is 0.272 e. The van der Waals surface area contributed by atoms with Gasteiger partial charge >= 0.3 is 0 Å². The Hall–Kier alpha value is -1.78. The quantitative estimate of drug-likeness (QED) is 0.847. The van der Waals surface area contributed by atoms with Gasteiger partial charge in [-0.2, -0.15) is 0 Å². The minimum absolute atomic E-state index is 0.115. The van der Waals surface area contributed by atoms with Crippen LogP contribution in [0.3, 0.4) is 0 Å². The number of benzene rings is 1. The average molecular weight is 297 g/mol. The maximum absolute atomic E-state index is 12.0. The fraction of sp³-hybridized carbons (Fsp3) is 0.0769. The maximum Gasteiger partial charge on any atom is 0.272 e. The molecule has 1 aromatic carbocycles. The summed E-state index contributed by atoms with van der Waals surface area (Å²) in [5.74, 6) is -0.507. The lowest BCUT2D eigenvalue weighted by Crippen LogP contribution is -2.12. The summed E-state index contributed by atoms with van der Waals surface area (Å²) in [4.78, 5) is 25.8. The molecule has 1 heterocycles. The summed E-state index contributed by atoms with van der Waals surface area (Å²) in [6, 6.07) is 6.43. The lowest BCUT2D eigenvalue weighted by atomic mass is 10.2. The van der Waals surface area contributed by atoms with Gasteiger partial charge in [-0.25, -0.2) is 0 Å². The molecule has 6 heteroatoms. The van der Waals surface area contributed by atoms with E-state index < -0.39 is 5.91 Å². The summed E-state index contributed by atoms with van der Waals surface area (Å²) < 4.78 is 0. The number of Topliss-reactive ketones (excluding diaryl/α,β-unsaturated/α-hetero) is 1. The van der Waals surface area contributed by atoms with E-state index in [-0.39, 0.29) is 16.5 Å². The number of ketones is 1. The molecule has 0 saturated heterocycles. The number of nitrogens with one attached hydrogen (secondary N) is 2. The highest BCUT2D eigenvalue weighted by Crippen LogP contribution is 2.29. The largest absolute Gasteiger partial charge is 0.356 e. The zero-order valence-electron chi connectivity index (χ0n) is 9.96. The Labute approximate surface area is 119 Å². The molecule has 1 amide bonds. The predicted octanol–water partition coefficient (Wildman–Crippen LogP) is 3.78. The van der Waals surface area contributed by atoms with Crippen LogP contribution in [0.25, 0.3) is 0 Å². The molecule has 0 bridgehead atoms. The van der Waals surface area contributed by atoms with Crippen LogP contribution in [-0.4, -0.2) is 16.7 Å². The molecule has 0 unspecified atom stereocenters. The molecule has 98 valence electrons. The second kappa shape index (κ2) is 5.47. The van der Waals surface area contributed by atoms with E-state index in [1.807, 2.05) is 0 Å². The van der Waals surface area contributed by atoms with Gasteiger partial charge in [0, 0.05) is 11.8 Å². The number of anilines is 1. The molecule has 1 aromatic heterocycles. The first-order valence-electron chi connectivity index (χ1n) is 5.43. The van der Waals surface area contributed by atoms with Crippen molar-refractivity contribution in [1.82, 2.24) is 4.98 Å². The van der Waals surface area contributed by atoms with Crippen LogP contribution in [0.5, 0.6) is 0 Å². The van der Waals surface area contributed by atoms with E-state index in [2.05, 4.69) is 10.3 Å². The first kappa shape index (κ1) is 13.6. The van der Waals surface area contributed by atoms with Crippen LogP contribution >= 0.6 is 23.2 Å². The number of carbonyl (C=O) groups excluding carboxylic acids is 2. The van der Waals surface area contributed by atoms with Gasteiger partial charge in [-0.15, -0.1) is 0 Å². The van der Waals surface area contributed by atoms with Crippen molar-refractivity contribution in [2.75, 3.05) is 5.32 Å². The van der Waals surface area contributed by atoms with E-state index in [4.69, 9.17) is 23.2 Å². The summed E-state index contributed by atoms with van der Waals surface area (Å²) in [6.07, 6.45) is 1.48. The number of amides is 1. The molecular formula is C13H10Cl2N2O2. The third-order valence-corrected chi connectivity index (χ3v) is 3.35. The van der Waals surface area contributed by atoms with Gasteiger partial charge in [-0.1, -0.05) is 29.3 Å². The number of carbonyl (C=O) groups is 2. The van der Waals surface area contributed by atoms with E-state index in [9.17, 15) is 9.59 Å². The van der Waals surface area contributed by atoms with Crippen LogP contribution in [0.15, 0.2) is 30.5 Å². The van der Waals surface area contributed by atoms with E-state index in [0.29, 0.717) is 16.3 Å². The summed E-state index contributed by atoms with van der Waals surface area (Å²) in [5.41, 5.74) is 1.14. The van der Waals surface area contributed by atoms with Crippen LogP contribution in [0.1, 0.15) is 27.8 Å². The van der Waals surface area contributed by atoms with Crippen molar-refractivity contribution in [3.05, 3.63) is 51.8 Å². The standard InChI is InChI=1S/C13H10Cl2N2O2/c1-7(18)8-5-11(16-6-8)13(19)17-10-4-2-3-9(14)12(10)15/h2-6,16H,1H3,(H,17,19). The number of aromatic nitrogens is 1. The average Bonchev–Trinajstić information content (AvgIpc) is 2.84. The Morgan fingerprint density at radius 3 is 2.63 bits per heavy atom. The van der Waals surface area contributed by atoms with E-state index >= 15 is 0 Å². The number of rotatable bonds is 3. The highest BCUT2D eigenvalue weighted by Gasteiger charge is 2.13. The summed E-state index contributed by atoms with van der Waals surface area (Å²) >= 11 is 11.8. The number of hydrogen-bond acceptors (Lipinski definition) is 2. The van der Waals surface area contributed by atoms with Crippen molar-refractivity contribution in [3.8, 4) is 0 Å². The second-order valence-corrected chi connectivity index (χ2v) is 4.70. The topological polar surface area (TPSA) is 62.0 Å². The maximum atomic E-state index is 12.0. The normalized spacial score (nSPS) is 10.3. The lowest BCUT2D eigenvalue weighted by Gasteiger charge is -2.06. The van der Waals surface area contributed by atoms with E-state index in [1.165, 1.54) is 19.2 Å². The first-order valence-corrected chi connectivity index (χ1v) is 6.19. The van der Waals surface area contributed by atoms with Crippen LogP contribution in [0.2, 0.25) is 10.0 Å². The van der Waals surface area contributed by atoms with Crippen molar-refractivity contribution in [2.45, 2.75) is 6.92 Å². The lowest BCUT2D eigenvalue weighted by molar-refractivity contribution is 0.101. The van der Waals surface area contributed by atoms with Gasteiger partial charge in [-0.05, 0) is 25.1 Å². The molecule has 0 radical (unpaired) electrons. The van der Waals surface area contributed by atoms with Gasteiger partial charge in [-0.3, -0.25) is 9.59 Å². The highest BCUT2D eigenvalue weighted by molar-refractivity contribution is 6.44. The van der Waals surface area contributed by atoms with Crippen LogP contribution < -0.4 is 5.32 Å². The molecule has 0 aliphatic rings. The highest BCUT2D eigenvalue weighted by atomic mass is 35.5. The fourth-order valence-electron chi connectivity index (χ4n) is 1.52. The molecule has 0 saturated carbocycles. The minimum atomic E-state index is -0.392. The Bertz CT molecular complexity index is 650. The molecule has 19 heavy (non-hydrogen) atoms. The van der Waals surface area contributed by atoms with Gasteiger partial charge in [0.2, 0.25) is 0 Å². The van der Waals surface area contributed by atoms with Crippen molar-refractivity contribution < 1.29 is 9.59 Å². The minimum Gasteiger partial charge on any atom is -0.356 e. The van der Waals surface area contributed by atoms with E-state index in [0.717, 1.165) is 0 Å². The Morgan fingerprint density at radius 2 is 2.00 bits per heavy atom. The SMILES string of the molecule is CC(=O)c1c[nH]c(C(=O)Nc2cccc(Cl)c2Cl)c1. The molecule has 0 aliphatic carbocycles. The molecule has 2 aromatic rings. The first-order chi connectivity index (χ1) is 8.99. The van der Waals surface area contributed by atoms with Crippen molar-refractivity contribution in [2.24, 2.45) is 0 Å². The van der Waals surface area contributed by atoms with Crippen LogP contribution in [-0.2, 0) is 0 Å². The summed E-state index contributed by atoms with van der Waals surface area (Å²) in [7, 11) is 0. The molecule has 0 atom stereocenters. The van der Waals surface area contributed by atoms with Gasteiger partial charge in [0.15, 0.2) is 5.78 Å². The number of H-pyrrole nitrogens is 1. The molecular weight excluding hydrogens is 287 g/mol. The van der Waals surface area contributed by atoms with Crippen molar-refractivity contribution >= 4 is 40.6 Å². The van der Waals surface area contributed by atoms with Gasteiger partial charge in [0.1, 0.15) is 5.69 Å². The van der Waals surface area contributed by atoms with Crippen LogP contribution in [0.4, 0.5) is 5.69 Å². The molecule has 2 N–H and O–H groups in total. The Balaban J connectivity index is 2.21. The molecule has 0 aliphatic heterocycles. The molecule has 0 fully saturated rings. The Kier molecular flexibility index (Phi) is 3.93. The predicted molar refractivity (Wildman–Crippen MR) is 75.2 cm³/mol. The molecule has 2 rings (SSSR count). The fourth-order valence-corrected chi connectivity index (χ4v) is 1.87. The molecule has 4 nitrogen and oxygen atoms in total. The van der Waals surface area contributed by atoms with Gasteiger partial charge < -0.3 is 10.3 Å². The van der Waals surface area contributed by atoms with Gasteiger partial charge in [0.05, 0.1) is 15.7 Å². The van der Waals surface area contributed by atoms with Gasteiger partial charge in [0.25, 0.3) is 5.91 Å². The third-order valence-electron chi connectivity index (χ3n) is 2.53.